The summed E-state index contributed by atoms with van der Waals surface area (Å²) in [6, 6.07) is 7.72. The molecule has 0 fully saturated rings. The Hall–Kier alpha value is -2.34. The lowest BCUT2D eigenvalue weighted by atomic mass is 10.1. The van der Waals surface area contributed by atoms with Crippen molar-refractivity contribution < 1.29 is 4.74 Å². The molecule has 0 bridgehead atoms. The van der Waals surface area contributed by atoms with Crippen molar-refractivity contribution in [2.24, 2.45) is 5.10 Å². The van der Waals surface area contributed by atoms with Crippen LogP contribution in [-0.2, 0) is 6.42 Å². The van der Waals surface area contributed by atoms with Crippen molar-refractivity contribution in [2.75, 3.05) is 12.5 Å². The van der Waals surface area contributed by atoms with Crippen LogP contribution in [0.25, 0.3) is 0 Å². The SMILES string of the molecule is COc1ccccc1C/C(C)=N\Nc1cn[nH]c(=O)c1Cl. The lowest BCUT2D eigenvalue weighted by Crippen LogP contribution is -2.11. The molecule has 2 N–H and O–H groups in total. The fourth-order valence-electron chi connectivity index (χ4n) is 1.78. The van der Waals surface area contributed by atoms with Crippen molar-refractivity contribution in [3.8, 4) is 5.75 Å². The quantitative estimate of drug-likeness (QED) is 0.657. The summed E-state index contributed by atoms with van der Waals surface area (Å²) >= 11 is 5.85. The van der Waals surface area contributed by atoms with Crippen LogP contribution in [0.5, 0.6) is 5.75 Å². The van der Waals surface area contributed by atoms with Crippen LogP contribution in [0.3, 0.4) is 0 Å². The second-order valence-electron chi connectivity index (χ2n) is 4.37. The van der Waals surface area contributed by atoms with Gasteiger partial charge in [0.2, 0.25) is 0 Å². The molecular weight excluding hydrogens is 292 g/mol. The number of ether oxygens (including phenoxy) is 1. The molecule has 6 nitrogen and oxygen atoms in total. The molecule has 2 aromatic rings. The highest BCUT2D eigenvalue weighted by Gasteiger charge is 2.05. The molecule has 1 aromatic carbocycles. The molecule has 0 aliphatic carbocycles. The number of hydrogen-bond acceptors (Lipinski definition) is 5. The van der Waals surface area contributed by atoms with E-state index in [1.165, 1.54) is 6.20 Å². The van der Waals surface area contributed by atoms with E-state index in [1.807, 2.05) is 31.2 Å². The zero-order chi connectivity index (χ0) is 15.2. The molecule has 0 saturated heterocycles. The monoisotopic (exact) mass is 306 g/mol. The topological polar surface area (TPSA) is 79.4 Å². The normalized spacial score (nSPS) is 11.3. The van der Waals surface area contributed by atoms with Gasteiger partial charge in [-0.25, -0.2) is 5.10 Å². The predicted molar refractivity (Wildman–Crippen MR) is 83.3 cm³/mol. The number of hydrazone groups is 1. The van der Waals surface area contributed by atoms with Gasteiger partial charge in [0.15, 0.2) is 0 Å². The van der Waals surface area contributed by atoms with E-state index in [4.69, 9.17) is 16.3 Å². The molecule has 1 heterocycles. The largest absolute Gasteiger partial charge is 0.496 e. The van der Waals surface area contributed by atoms with Crippen molar-refractivity contribution in [1.82, 2.24) is 10.2 Å². The number of anilines is 1. The predicted octanol–water partition coefficient (Wildman–Crippen LogP) is 2.46. The Morgan fingerprint density at radius 1 is 1.48 bits per heavy atom. The van der Waals surface area contributed by atoms with Crippen LogP contribution in [0.4, 0.5) is 5.69 Å². The molecule has 0 atom stereocenters. The van der Waals surface area contributed by atoms with Gasteiger partial charge < -0.3 is 4.74 Å². The summed E-state index contributed by atoms with van der Waals surface area (Å²) < 4.78 is 5.29. The van der Waals surface area contributed by atoms with Gasteiger partial charge in [0, 0.05) is 12.1 Å². The summed E-state index contributed by atoms with van der Waals surface area (Å²) in [6.45, 7) is 1.87. The number of benzene rings is 1. The van der Waals surface area contributed by atoms with E-state index in [-0.39, 0.29) is 5.02 Å². The number of aromatic amines is 1. The number of para-hydroxylation sites is 1. The Morgan fingerprint density at radius 3 is 3.00 bits per heavy atom. The molecule has 0 radical (unpaired) electrons. The van der Waals surface area contributed by atoms with E-state index >= 15 is 0 Å². The second kappa shape index (κ2) is 6.90. The third-order valence-corrected chi connectivity index (χ3v) is 3.18. The van der Waals surface area contributed by atoms with Gasteiger partial charge in [-0.05, 0) is 18.6 Å². The number of rotatable bonds is 5. The van der Waals surface area contributed by atoms with E-state index in [2.05, 4.69) is 20.7 Å². The van der Waals surface area contributed by atoms with Gasteiger partial charge in [-0.3, -0.25) is 10.2 Å². The van der Waals surface area contributed by atoms with Crippen molar-refractivity contribution in [2.45, 2.75) is 13.3 Å². The maximum Gasteiger partial charge on any atom is 0.285 e. The molecule has 1 aromatic heterocycles. The van der Waals surface area contributed by atoms with Crippen molar-refractivity contribution >= 4 is 23.0 Å². The van der Waals surface area contributed by atoms with Gasteiger partial charge in [-0.15, -0.1) is 0 Å². The Labute approximate surface area is 126 Å². The molecule has 0 aliphatic rings. The van der Waals surface area contributed by atoms with E-state index in [1.54, 1.807) is 7.11 Å². The summed E-state index contributed by atoms with van der Waals surface area (Å²) in [4.78, 5) is 11.3. The first-order valence-corrected chi connectivity index (χ1v) is 6.64. The minimum atomic E-state index is -0.459. The minimum Gasteiger partial charge on any atom is -0.496 e. The summed E-state index contributed by atoms with van der Waals surface area (Å²) in [6.07, 6.45) is 2.02. The van der Waals surface area contributed by atoms with Crippen LogP contribution >= 0.6 is 11.6 Å². The Kier molecular flexibility index (Phi) is 4.94. The molecule has 0 spiro atoms. The lowest BCUT2D eigenvalue weighted by Gasteiger charge is -2.08. The molecule has 21 heavy (non-hydrogen) atoms. The smallest absolute Gasteiger partial charge is 0.285 e. The molecule has 110 valence electrons. The van der Waals surface area contributed by atoms with Crippen LogP contribution in [-0.4, -0.2) is 23.0 Å². The van der Waals surface area contributed by atoms with Gasteiger partial charge in [-0.2, -0.15) is 10.2 Å². The van der Waals surface area contributed by atoms with Crippen molar-refractivity contribution in [3.63, 3.8) is 0 Å². The molecule has 2 rings (SSSR count). The molecule has 0 saturated carbocycles. The number of nitrogens with zero attached hydrogens (tertiary/aromatic N) is 2. The number of halogens is 1. The fourth-order valence-corrected chi connectivity index (χ4v) is 1.91. The molecule has 7 heteroatoms. The first kappa shape index (κ1) is 15.1. The first-order valence-electron chi connectivity index (χ1n) is 6.26. The zero-order valence-electron chi connectivity index (χ0n) is 11.7. The van der Waals surface area contributed by atoms with Crippen molar-refractivity contribution in [1.29, 1.82) is 0 Å². The number of H-pyrrole nitrogens is 1. The highest BCUT2D eigenvalue weighted by atomic mass is 35.5. The summed E-state index contributed by atoms with van der Waals surface area (Å²) in [5.74, 6) is 0.808. The maximum absolute atomic E-state index is 11.3. The summed E-state index contributed by atoms with van der Waals surface area (Å²) in [7, 11) is 1.63. The van der Waals surface area contributed by atoms with Gasteiger partial charge in [0.1, 0.15) is 16.5 Å². The number of hydrogen-bond donors (Lipinski definition) is 2. The van der Waals surface area contributed by atoms with E-state index < -0.39 is 5.56 Å². The molecule has 0 unspecified atom stereocenters. The number of methoxy groups -OCH3 is 1. The highest BCUT2D eigenvalue weighted by Crippen LogP contribution is 2.18. The summed E-state index contributed by atoms with van der Waals surface area (Å²) in [5.41, 5.74) is 4.49. The van der Waals surface area contributed by atoms with E-state index in [9.17, 15) is 4.79 Å². The van der Waals surface area contributed by atoms with Crippen molar-refractivity contribution in [3.05, 3.63) is 51.4 Å². The Morgan fingerprint density at radius 2 is 2.24 bits per heavy atom. The zero-order valence-corrected chi connectivity index (χ0v) is 12.4. The average molecular weight is 307 g/mol. The van der Waals surface area contributed by atoms with Crippen LogP contribution in [0, 0.1) is 0 Å². The maximum atomic E-state index is 11.3. The van der Waals surface area contributed by atoms with Gasteiger partial charge in [0.05, 0.1) is 13.3 Å². The third-order valence-electron chi connectivity index (χ3n) is 2.80. The third kappa shape index (κ3) is 3.82. The Bertz CT molecular complexity index is 712. The van der Waals surface area contributed by atoms with Crippen LogP contribution < -0.4 is 15.7 Å². The minimum absolute atomic E-state index is 0.0267. The molecule has 0 amide bonds. The van der Waals surface area contributed by atoms with Crippen LogP contribution in [0.2, 0.25) is 5.02 Å². The van der Waals surface area contributed by atoms with E-state index in [0.717, 1.165) is 17.0 Å². The fraction of sp³-hybridized carbons (Fsp3) is 0.214. The lowest BCUT2D eigenvalue weighted by molar-refractivity contribution is 0.411. The van der Waals surface area contributed by atoms with Crippen LogP contribution in [0.15, 0.2) is 40.4 Å². The number of nitrogens with one attached hydrogen (secondary N) is 2. The average Bonchev–Trinajstić information content (AvgIpc) is 2.49. The van der Waals surface area contributed by atoms with Crippen LogP contribution in [0.1, 0.15) is 12.5 Å². The molecular formula is C14H15ClN4O2. The highest BCUT2D eigenvalue weighted by molar-refractivity contribution is 6.32. The van der Waals surface area contributed by atoms with Gasteiger partial charge >= 0.3 is 0 Å². The molecule has 0 aliphatic heterocycles. The van der Waals surface area contributed by atoms with E-state index in [0.29, 0.717) is 12.1 Å². The second-order valence-corrected chi connectivity index (χ2v) is 4.75. The standard InChI is InChI=1S/C14H15ClN4O2/c1-9(7-10-5-3-4-6-12(10)21-2)17-18-11-8-16-19-14(20)13(11)15/h3-6,8H,7H2,1-2H3,(H2,18,19,20)/b17-9-. The number of aromatic nitrogens is 2. The summed E-state index contributed by atoms with van der Waals surface area (Å²) in [5, 5.41) is 10.1. The first-order chi connectivity index (χ1) is 10.1. The van der Waals surface area contributed by atoms with Gasteiger partial charge in [0.25, 0.3) is 5.56 Å². The Balaban J connectivity index is 2.11. The van der Waals surface area contributed by atoms with Gasteiger partial charge in [-0.1, -0.05) is 29.8 Å².